The number of aromatic nitrogens is 3. The van der Waals surface area contributed by atoms with Gasteiger partial charge in [0.05, 0.1) is 5.69 Å². The quantitative estimate of drug-likeness (QED) is 0.727. The minimum absolute atomic E-state index is 0.388. The van der Waals surface area contributed by atoms with Crippen molar-refractivity contribution in [1.82, 2.24) is 15.0 Å². The molecule has 2 aromatic carbocycles. The smallest absolute Gasteiger partial charge is 0.207 e. The molecule has 0 N–H and O–H groups in total. The lowest BCUT2D eigenvalue weighted by Crippen LogP contribution is -2.20. The molecule has 1 aliphatic rings. The lowest BCUT2D eigenvalue weighted by atomic mass is 9.99. The third kappa shape index (κ3) is 2.95. The molecule has 1 aromatic heterocycles. The number of aryl methyl sites for hydroxylation is 2. The normalized spacial score (nSPS) is 16.7. The molecular formula is C21H21N5. The standard InChI is InChI=1S/C21H21N5/c1-15-8-9-20(16(2)12-15)26-23-19(13-22)21(24-26)25-11-10-18(14-25)17-6-4-3-5-7-17/h3-9,12,18H,10-11,14H2,1-2H3/t18-/m1/s1. The molecule has 0 bridgehead atoms. The largest absolute Gasteiger partial charge is 0.352 e. The van der Waals surface area contributed by atoms with Gasteiger partial charge in [0, 0.05) is 19.0 Å². The van der Waals surface area contributed by atoms with Gasteiger partial charge >= 0.3 is 0 Å². The number of benzene rings is 2. The van der Waals surface area contributed by atoms with Crippen molar-refractivity contribution in [2.75, 3.05) is 18.0 Å². The molecule has 1 atom stereocenters. The zero-order valence-corrected chi connectivity index (χ0v) is 15.1. The minimum atomic E-state index is 0.388. The van der Waals surface area contributed by atoms with Gasteiger partial charge in [0.1, 0.15) is 6.07 Å². The number of hydrogen-bond acceptors (Lipinski definition) is 4. The van der Waals surface area contributed by atoms with Crippen LogP contribution in [0.2, 0.25) is 0 Å². The van der Waals surface area contributed by atoms with E-state index in [2.05, 4.69) is 58.4 Å². The van der Waals surface area contributed by atoms with Gasteiger partial charge < -0.3 is 4.90 Å². The Labute approximate surface area is 153 Å². The van der Waals surface area contributed by atoms with Crippen LogP contribution >= 0.6 is 0 Å². The van der Waals surface area contributed by atoms with Crippen LogP contribution in [0.25, 0.3) is 5.69 Å². The van der Waals surface area contributed by atoms with Crippen molar-refractivity contribution >= 4 is 5.82 Å². The summed E-state index contributed by atoms with van der Waals surface area (Å²) in [5.74, 6) is 1.15. The second-order valence-corrected chi connectivity index (χ2v) is 6.91. The molecule has 1 saturated heterocycles. The molecule has 3 aromatic rings. The van der Waals surface area contributed by atoms with Crippen molar-refractivity contribution < 1.29 is 0 Å². The van der Waals surface area contributed by atoms with Crippen LogP contribution in [0.3, 0.4) is 0 Å². The van der Waals surface area contributed by atoms with E-state index in [4.69, 9.17) is 0 Å². The fourth-order valence-corrected chi connectivity index (χ4v) is 3.67. The van der Waals surface area contributed by atoms with Crippen molar-refractivity contribution in [2.24, 2.45) is 0 Å². The van der Waals surface area contributed by atoms with Gasteiger partial charge in [0.2, 0.25) is 5.69 Å². The highest BCUT2D eigenvalue weighted by molar-refractivity contribution is 5.52. The second kappa shape index (κ2) is 6.64. The average molecular weight is 343 g/mol. The highest BCUT2D eigenvalue weighted by atomic mass is 15.5. The van der Waals surface area contributed by atoms with E-state index in [1.54, 1.807) is 4.80 Å². The van der Waals surface area contributed by atoms with Gasteiger partial charge in [-0.2, -0.15) is 5.26 Å². The molecule has 2 heterocycles. The fourth-order valence-electron chi connectivity index (χ4n) is 3.67. The summed E-state index contributed by atoms with van der Waals surface area (Å²) in [6.45, 7) is 5.86. The molecule has 0 amide bonds. The van der Waals surface area contributed by atoms with Crippen LogP contribution in [0.4, 0.5) is 5.82 Å². The Morgan fingerprint density at radius 3 is 2.62 bits per heavy atom. The van der Waals surface area contributed by atoms with Gasteiger partial charge in [0.15, 0.2) is 5.82 Å². The van der Waals surface area contributed by atoms with Crippen LogP contribution in [0, 0.1) is 25.2 Å². The zero-order chi connectivity index (χ0) is 18.1. The predicted molar refractivity (Wildman–Crippen MR) is 102 cm³/mol. The summed E-state index contributed by atoms with van der Waals surface area (Å²) < 4.78 is 0. The lowest BCUT2D eigenvalue weighted by Gasteiger charge is -2.15. The minimum Gasteiger partial charge on any atom is -0.352 e. The van der Waals surface area contributed by atoms with Gasteiger partial charge in [0.25, 0.3) is 0 Å². The SMILES string of the molecule is Cc1ccc(-n2nc(C#N)c(N3CC[C@@H](c4ccccc4)C3)n2)c(C)c1. The molecule has 4 rings (SSSR count). The third-order valence-corrected chi connectivity index (χ3v) is 5.03. The topological polar surface area (TPSA) is 57.7 Å². The zero-order valence-electron chi connectivity index (χ0n) is 15.1. The number of nitrogens with zero attached hydrogens (tertiary/aromatic N) is 5. The first kappa shape index (κ1) is 16.3. The Morgan fingerprint density at radius 2 is 1.88 bits per heavy atom. The molecule has 0 saturated carbocycles. The maximum atomic E-state index is 9.54. The van der Waals surface area contributed by atoms with Crippen LogP contribution in [0.1, 0.15) is 34.7 Å². The van der Waals surface area contributed by atoms with E-state index in [1.807, 2.05) is 25.1 Å². The van der Waals surface area contributed by atoms with E-state index in [0.717, 1.165) is 30.8 Å². The van der Waals surface area contributed by atoms with Gasteiger partial charge in [-0.3, -0.25) is 0 Å². The molecule has 0 unspecified atom stereocenters. The third-order valence-electron chi connectivity index (χ3n) is 5.03. The van der Waals surface area contributed by atoms with Crippen LogP contribution < -0.4 is 4.90 Å². The summed E-state index contributed by atoms with van der Waals surface area (Å²) in [4.78, 5) is 3.78. The summed E-state index contributed by atoms with van der Waals surface area (Å²) >= 11 is 0. The van der Waals surface area contributed by atoms with Crippen molar-refractivity contribution in [2.45, 2.75) is 26.2 Å². The van der Waals surface area contributed by atoms with E-state index >= 15 is 0 Å². The molecule has 0 radical (unpaired) electrons. The molecule has 5 nitrogen and oxygen atoms in total. The fraction of sp³-hybridized carbons (Fsp3) is 0.286. The van der Waals surface area contributed by atoms with Gasteiger partial charge in [-0.25, -0.2) is 0 Å². The van der Waals surface area contributed by atoms with Crippen LogP contribution in [-0.4, -0.2) is 28.1 Å². The molecular weight excluding hydrogens is 322 g/mol. The number of rotatable bonds is 3. The molecule has 1 fully saturated rings. The lowest BCUT2D eigenvalue weighted by molar-refractivity contribution is 0.736. The predicted octanol–water partition coefficient (Wildman–Crippen LogP) is 3.75. The molecule has 130 valence electrons. The Balaban J connectivity index is 1.63. The second-order valence-electron chi connectivity index (χ2n) is 6.91. The maximum Gasteiger partial charge on any atom is 0.207 e. The molecule has 0 aliphatic carbocycles. The molecule has 5 heteroatoms. The molecule has 26 heavy (non-hydrogen) atoms. The number of hydrogen-bond donors (Lipinski definition) is 0. The maximum absolute atomic E-state index is 9.54. The molecule has 1 aliphatic heterocycles. The van der Waals surface area contributed by atoms with E-state index in [9.17, 15) is 5.26 Å². The van der Waals surface area contributed by atoms with E-state index in [1.165, 1.54) is 11.1 Å². The summed E-state index contributed by atoms with van der Waals surface area (Å²) in [7, 11) is 0. The van der Waals surface area contributed by atoms with Crippen LogP contribution in [0.5, 0.6) is 0 Å². The molecule has 0 spiro atoms. The first-order valence-corrected chi connectivity index (χ1v) is 8.90. The first-order chi connectivity index (χ1) is 12.7. The number of nitriles is 1. The Morgan fingerprint density at radius 1 is 1.08 bits per heavy atom. The Hall–Kier alpha value is -3.13. The summed E-state index contributed by atoms with van der Waals surface area (Å²) in [5.41, 5.74) is 4.94. The summed E-state index contributed by atoms with van der Waals surface area (Å²) in [6.07, 6.45) is 1.06. The van der Waals surface area contributed by atoms with Gasteiger partial charge in [-0.05, 0) is 37.5 Å². The van der Waals surface area contributed by atoms with E-state index in [0.29, 0.717) is 17.4 Å². The van der Waals surface area contributed by atoms with Crippen molar-refractivity contribution in [3.05, 3.63) is 70.9 Å². The number of anilines is 1. The highest BCUT2D eigenvalue weighted by Crippen LogP contribution is 2.31. The van der Waals surface area contributed by atoms with E-state index in [-0.39, 0.29) is 0 Å². The van der Waals surface area contributed by atoms with Crippen LogP contribution in [-0.2, 0) is 0 Å². The van der Waals surface area contributed by atoms with Crippen LogP contribution in [0.15, 0.2) is 48.5 Å². The van der Waals surface area contributed by atoms with Crippen molar-refractivity contribution in [3.63, 3.8) is 0 Å². The van der Waals surface area contributed by atoms with Crippen molar-refractivity contribution in [1.29, 1.82) is 5.26 Å². The first-order valence-electron chi connectivity index (χ1n) is 8.90. The van der Waals surface area contributed by atoms with Gasteiger partial charge in [-0.1, -0.05) is 48.0 Å². The monoisotopic (exact) mass is 343 g/mol. The summed E-state index contributed by atoms with van der Waals surface area (Å²) in [5, 5.41) is 18.6. The highest BCUT2D eigenvalue weighted by Gasteiger charge is 2.28. The Bertz CT molecular complexity index is 968. The average Bonchev–Trinajstić information content (AvgIpc) is 3.29. The van der Waals surface area contributed by atoms with Gasteiger partial charge in [-0.15, -0.1) is 15.0 Å². The Kier molecular flexibility index (Phi) is 4.18. The van der Waals surface area contributed by atoms with E-state index < -0.39 is 0 Å². The summed E-state index contributed by atoms with van der Waals surface area (Å²) in [6, 6.07) is 18.9. The van der Waals surface area contributed by atoms with Crippen molar-refractivity contribution in [3.8, 4) is 11.8 Å².